The summed E-state index contributed by atoms with van der Waals surface area (Å²) in [7, 11) is 1.45. The summed E-state index contributed by atoms with van der Waals surface area (Å²) in [4.78, 5) is 27.0. The van der Waals surface area contributed by atoms with E-state index in [0.717, 1.165) is 24.8 Å². The number of hydrogen-bond donors (Lipinski definition) is 0. The lowest BCUT2D eigenvalue weighted by Gasteiger charge is -2.26. The molecule has 0 unspecified atom stereocenters. The lowest BCUT2D eigenvalue weighted by molar-refractivity contribution is 0.0712. The maximum atomic E-state index is 12.8. The summed E-state index contributed by atoms with van der Waals surface area (Å²) in [5.74, 6) is 0.0364. The summed E-state index contributed by atoms with van der Waals surface area (Å²) in [5.41, 5.74) is 1.44. The van der Waals surface area contributed by atoms with Gasteiger partial charge < -0.3 is 9.64 Å². The van der Waals surface area contributed by atoms with Crippen LogP contribution in [-0.4, -0.2) is 40.8 Å². The van der Waals surface area contributed by atoms with Crippen LogP contribution in [-0.2, 0) is 0 Å². The molecule has 0 radical (unpaired) electrons. The Kier molecular flexibility index (Phi) is 4.64. The van der Waals surface area contributed by atoms with Crippen molar-refractivity contribution in [1.29, 1.82) is 0 Å². The Morgan fingerprint density at radius 2 is 1.88 bits per heavy atom. The first-order valence-electron chi connectivity index (χ1n) is 8.15. The summed E-state index contributed by atoms with van der Waals surface area (Å²) in [6.07, 6.45) is 3.12. The summed E-state index contributed by atoms with van der Waals surface area (Å²) in [5, 5.41) is 4.34. The minimum absolute atomic E-state index is 0.183. The number of nitrogens with zero attached hydrogens (tertiary/aromatic N) is 3. The molecule has 2 heterocycles. The number of benzene rings is 1. The number of likely N-dealkylation sites (tertiary alicyclic amines) is 1. The molecule has 1 fully saturated rings. The van der Waals surface area contributed by atoms with Crippen molar-refractivity contribution in [1.82, 2.24) is 14.7 Å². The van der Waals surface area contributed by atoms with Crippen LogP contribution in [0.3, 0.4) is 0 Å². The highest BCUT2D eigenvalue weighted by molar-refractivity contribution is 5.94. The summed E-state index contributed by atoms with van der Waals surface area (Å²) >= 11 is 0. The van der Waals surface area contributed by atoms with Crippen LogP contribution in [0.1, 0.15) is 35.3 Å². The zero-order valence-corrected chi connectivity index (χ0v) is 14.0. The molecule has 0 atom stereocenters. The van der Waals surface area contributed by atoms with Gasteiger partial charge in [-0.25, -0.2) is 0 Å². The molecule has 1 saturated heterocycles. The number of aryl methyl sites for hydroxylation is 1. The molecule has 1 aliphatic heterocycles. The minimum atomic E-state index is -0.323. The highest BCUT2D eigenvalue weighted by Crippen LogP contribution is 2.20. The van der Waals surface area contributed by atoms with E-state index in [1.807, 2.05) is 31.2 Å². The third kappa shape index (κ3) is 3.04. The van der Waals surface area contributed by atoms with E-state index in [0.29, 0.717) is 18.8 Å². The first-order chi connectivity index (χ1) is 11.6. The van der Waals surface area contributed by atoms with E-state index < -0.39 is 0 Å². The highest BCUT2D eigenvalue weighted by Gasteiger charge is 2.24. The smallest absolute Gasteiger partial charge is 0.278 e. The number of ether oxygens (including phenoxy) is 1. The van der Waals surface area contributed by atoms with Crippen molar-refractivity contribution in [3.05, 3.63) is 51.9 Å². The molecule has 6 nitrogen and oxygen atoms in total. The topological polar surface area (TPSA) is 64.4 Å². The number of carbonyl (C=O) groups excluding carboxylic acids is 1. The van der Waals surface area contributed by atoms with Gasteiger partial charge in [0.2, 0.25) is 0 Å². The van der Waals surface area contributed by atoms with Gasteiger partial charge in [0.05, 0.1) is 18.9 Å². The molecule has 0 spiro atoms. The molecule has 126 valence electrons. The van der Waals surface area contributed by atoms with Crippen LogP contribution in [0.2, 0.25) is 0 Å². The molecular formula is C18H21N3O3. The van der Waals surface area contributed by atoms with Crippen molar-refractivity contribution >= 4 is 5.91 Å². The molecule has 1 amide bonds. The largest absolute Gasteiger partial charge is 0.494 e. The predicted octanol–water partition coefficient (Wildman–Crippen LogP) is 2.18. The van der Waals surface area contributed by atoms with Crippen molar-refractivity contribution in [2.24, 2.45) is 0 Å². The third-order valence-corrected chi connectivity index (χ3v) is 4.31. The fraction of sp³-hybridized carbons (Fsp3) is 0.389. The van der Waals surface area contributed by atoms with Crippen LogP contribution in [0, 0.1) is 6.92 Å². The number of rotatable bonds is 3. The minimum Gasteiger partial charge on any atom is -0.494 e. The van der Waals surface area contributed by atoms with Gasteiger partial charge in [0.25, 0.3) is 11.5 Å². The zero-order valence-electron chi connectivity index (χ0n) is 14.0. The second-order valence-corrected chi connectivity index (χ2v) is 5.95. The van der Waals surface area contributed by atoms with E-state index in [-0.39, 0.29) is 22.9 Å². The molecule has 0 N–H and O–H groups in total. The van der Waals surface area contributed by atoms with Crippen molar-refractivity contribution in [2.75, 3.05) is 20.2 Å². The van der Waals surface area contributed by atoms with Crippen LogP contribution in [0.15, 0.2) is 35.1 Å². The van der Waals surface area contributed by atoms with Gasteiger partial charge in [-0.3, -0.25) is 9.59 Å². The fourth-order valence-electron chi connectivity index (χ4n) is 2.96. The Hall–Kier alpha value is -2.63. The summed E-state index contributed by atoms with van der Waals surface area (Å²) < 4.78 is 6.51. The van der Waals surface area contributed by atoms with Crippen LogP contribution in [0.5, 0.6) is 5.75 Å². The lowest BCUT2D eigenvalue weighted by atomic mass is 10.1. The van der Waals surface area contributed by atoms with E-state index in [9.17, 15) is 9.59 Å². The van der Waals surface area contributed by atoms with Gasteiger partial charge in [-0.2, -0.15) is 9.78 Å². The average molecular weight is 327 g/mol. The SMILES string of the molecule is COc1cc(=O)n(-c2ccccc2C)nc1C(=O)N1CCCCC1. The number of hydrogen-bond acceptors (Lipinski definition) is 4. The average Bonchev–Trinajstić information content (AvgIpc) is 2.62. The Morgan fingerprint density at radius 1 is 1.17 bits per heavy atom. The number of piperidine rings is 1. The predicted molar refractivity (Wildman–Crippen MR) is 90.9 cm³/mol. The number of amides is 1. The molecule has 1 aromatic heterocycles. The molecule has 3 rings (SSSR count). The number of para-hydroxylation sites is 1. The Labute approximate surface area is 140 Å². The second-order valence-electron chi connectivity index (χ2n) is 5.95. The van der Waals surface area contributed by atoms with E-state index >= 15 is 0 Å². The molecule has 2 aromatic rings. The molecule has 1 aliphatic rings. The number of methoxy groups -OCH3 is 1. The van der Waals surface area contributed by atoms with Gasteiger partial charge in [-0.05, 0) is 37.8 Å². The maximum Gasteiger partial charge on any atom is 0.278 e. The lowest BCUT2D eigenvalue weighted by Crippen LogP contribution is -2.37. The molecule has 0 bridgehead atoms. The van der Waals surface area contributed by atoms with Gasteiger partial charge in [0.15, 0.2) is 11.4 Å². The van der Waals surface area contributed by atoms with E-state index in [2.05, 4.69) is 5.10 Å². The Morgan fingerprint density at radius 3 is 2.54 bits per heavy atom. The van der Waals surface area contributed by atoms with Crippen molar-refractivity contribution in [2.45, 2.75) is 26.2 Å². The monoisotopic (exact) mass is 327 g/mol. The van der Waals surface area contributed by atoms with Crippen molar-refractivity contribution in [3.63, 3.8) is 0 Å². The summed E-state index contributed by atoms with van der Waals surface area (Å²) in [6.45, 7) is 3.33. The van der Waals surface area contributed by atoms with Crippen molar-refractivity contribution in [3.8, 4) is 11.4 Å². The third-order valence-electron chi connectivity index (χ3n) is 4.31. The number of aromatic nitrogens is 2. The maximum absolute atomic E-state index is 12.8. The van der Waals surface area contributed by atoms with Gasteiger partial charge in [-0.1, -0.05) is 18.2 Å². The second kappa shape index (κ2) is 6.86. The molecule has 0 aliphatic carbocycles. The Balaban J connectivity index is 2.08. The quantitative estimate of drug-likeness (QED) is 0.867. The van der Waals surface area contributed by atoms with Crippen molar-refractivity contribution < 1.29 is 9.53 Å². The van der Waals surface area contributed by atoms with E-state index in [1.165, 1.54) is 17.9 Å². The summed E-state index contributed by atoms with van der Waals surface area (Å²) in [6, 6.07) is 8.78. The first kappa shape index (κ1) is 16.2. The molecule has 1 aromatic carbocycles. The van der Waals surface area contributed by atoms with E-state index in [4.69, 9.17) is 4.74 Å². The van der Waals surface area contributed by atoms with E-state index in [1.54, 1.807) is 4.90 Å². The van der Waals surface area contributed by atoms with Crippen LogP contribution < -0.4 is 10.3 Å². The highest BCUT2D eigenvalue weighted by atomic mass is 16.5. The van der Waals surface area contributed by atoms with Crippen LogP contribution >= 0.6 is 0 Å². The van der Waals surface area contributed by atoms with Crippen LogP contribution in [0.4, 0.5) is 0 Å². The van der Waals surface area contributed by atoms with Crippen LogP contribution in [0.25, 0.3) is 5.69 Å². The van der Waals surface area contributed by atoms with Gasteiger partial charge >= 0.3 is 0 Å². The normalized spacial score (nSPS) is 14.5. The van der Waals surface area contributed by atoms with Gasteiger partial charge in [0, 0.05) is 13.1 Å². The molecule has 6 heteroatoms. The zero-order chi connectivity index (χ0) is 17.1. The Bertz CT molecular complexity index is 807. The number of carbonyl (C=O) groups is 1. The molecule has 24 heavy (non-hydrogen) atoms. The first-order valence-corrected chi connectivity index (χ1v) is 8.15. The fourth-order valence-corrected chi connectivity index (χ4v) is 2.96. The molecule has 0 saturated carbocycles. The van der Waals surface area contributed by atoms with Gasteiger partial charge in [0.1, 0.15) is 0 Å². The van der Waals surface area contributed by atoms with Gasteiger partial charge in [-0.15, -0.1) is 0 Å². The molecular weight excluding hydrogens is 306 g/mol. The standard InChI is InChI=1S/C18H21N3O3/c1-13-8-4-5-9-14(13)21-16(22)12-15(24-2)17(19-21)18(23)20-10-6-3-7-11-20/h4-5,8-9,12H,3,6-7,10-11H2,1-2H3.